The molecule has 0 aromatic heterocycles. The first kappa shape index (κ1) is 11.9. The fraction of sp³-hybridized carbons (Fsp3) is 0.733. The zero-order chi connectivity index (χ0) is 13.3. The zero-order valence-corrected chi connectivity index (χ0v) is 11.2. The molecule has 98 valence electrons. The molecule has 3 aliphatic rings. The van der Waals surface area contributed by atoms with Gasteiger partial charge in [-0.1, -0.05) is 19.4 Å². The highest BCUT2D eigenvalue weighted by atomic mass is 16.4. The Bertz CT molecular complexity index is 486. The van der Waals surface area contributed by atoms with Crippen LogP contribution in [0.5, 0.6) is 0 Å². The standard InChI is InChI=1S/C15H20O3/c1-8-10-7-14(2,3)5-9-6-15(9,13(17)18)11(10)4-12(8)16/h9,11H,4-7H2,1-3H3,(H,17,18)/p-1/t9-,11+,15-/m0/s1. The van der Waals surface area contributed by atoms with Crippen LogP contribution < -0.4 is 5.11 Å². The van der Waals surface area contributed by atoms with Crippen LogP contribution in [-0.2, 0) is 9.59 Å². The number of hydrogen-bond acceptors (Lipinski definition) is 3. The van der Waals surface area contributed by atoms with E-state index in [0.717, 1.165) is 24.0 Å². The number of carbonyl (C=O) groups is 2. The van der Waals surface area contributed by atoms with Crippen LogP contribution in [0.25, 0.3) is 0 Å². The summed E-state index contributed by atoms with van der Waals surface area (Å²) < 4.78 is 0. The third kappa shape index (κ3) is 1.36. The van der Waals surface area contributed by atoms with Crippen LogP contribution in [-0.4, -0.2) is 11.8 Å². The second kappa shape index (κ2) is 3.25. The summed E-state index contributed by atoms with van der Waals surface area (Å²) in [4.78, 5) is 23.5. The van der Waals surface area contributed by atoms with Crippen LogP contribution in [0.15, 0.2) is 11.1 Å². The molecule has 0 spiro atoms. The molecular formula is C15H19O3-. The molecule has 3 atom stereocenters. The van der Waals surface area contributed by atoms with Gasteiger partial charge >= 0.3 is 0 Å². The van der Waals surface area contributed by atoms with Crippen LogP contribution in [0, 0.1) is 22.7 Å². The van der Waals surface area contributed by atoms with E-state index in [2.05, 4.69) is 13.8 Å². The summed E-state index contributed by atoms with van der Waals surface area (Å²) in [6, 6.07) is 0. The molecule has 0 amide bonds. The van der Waals surface area contributed by atoms with Crippen molar-refractivity contribution in [3.8, 4) is 0 Å². The first-order valence-electron chi connectivity index (χ1n) is 6.72. The van der Waals surface area contributed by atoms with E-state index in [1.165, 1.54) is 0 Å². The first-order valence-corrected chi connectivity index (χ1v) is 6.72. The lowest BCUT2D eigenvalue weighted by Gasteiger charge is -2.27. The Labute approximate surface area is 107 Å². The molecule has 3 aliphatic carbocycles. The molecule has 18 heavy (non-hydrogen) atoms. The van der Waals surface area contributed by atoms with E-state index in [1.54, 1.807) is 0 Å². The van der Waals surface area contributed by atoms with Crippen molar-refractivity contribution in [1.82, 2.24) is 0 Å². The number of carbonyl (C=O) groups excluding carboxylic acids is 2. The molecule has 0 heterocycles. The third-order valence-electron chi connectivity index (χ3n) is 5.33. The van der Waals surface area contributed by atoms with Crippen molar-refractivity contribution < 1.29 is 14.7 Å². The van der Waals surface area contributed by atoms with E-state index in [1.807, 2.05) is 6.92 Å². The van der Waals surface area contributed by atoms with Crippen molar-refractivity contribution in [2.24, 2.45) is 22.7 Å². The average Bonchev–Trinajstić information content (AvgIpc) is 2.89. The van der Waals surface area contributed by atoms with Crippen LogP contribution in [0.1, 0.15) is 46.5 Å². The molecule has 0 bridgehead atoms. The van der Waals surface area contributed by atoms with Gasteiger partial charge in [-0.2, -0.15) is 0 Å². The molecular weight excluding hydrogens is 228 g/mol. The molecule has 0 aromatic carbocycles. The van der Waals surface area contributed by atoms with Crippen LogP contribution in [0.3, 0.4) is 0 Å². The van der Waals surface area contributed by atoms with Crippen LogP contribution >= 0.6 is 0 Å². The van der Waals surface area contributed by atoms with Gasteiger partial charge in [0, 0.05) is 17.8 Å². The van der Waals surface area contributed by atoms with E-state index < -0.39 is 11.4 Å². The van der Waals surface area contributed by atoms with Crippen molar-refractivity contribution in [2.75, 3.05) is 0 Å². The SMILES string of the molecule is CC1=C2CC(C)(C)C[C@H]3C[C@@]3(C(=O)[O-])[C@@H]2CC1=O. The van der Waals surface area contributed by atoms with Crippen molar-refractivity contribution in [3.05, 3.63) is 11.1 Å². The number of ketones is 1. The summed E-state index contributed by atoms with van der Waals surface area (Å²) >= 11 is 0. The summed E-state index contributed by atoms with van der Waals surface area (Å²) in [5.74, 6) is -0.672. The minimum Gasteiger partial charge on any atom is -0.550 e. The normalized spacial score (nSPS) is 41.2. The third-order valence-corrected chi connectivity index (χ3v) is 5.33. The van der Waals surface area contributed by atoms with E-state index in [4.69, 9.17) is 0 Å². The summed E-state index contributed by atoms with van der Waals surface area (Å²) in [5.41, 5.74) is 1.30. The fourth-order valence-corrected chi connectivity index (χ4v) is 4.33. The van der Waals surface area contributed by atoms with Gasteiger partial charge in [0.2, 0.25) is 0 Å². The van der Waals surface area contributed by atoms with Gasteiger partial charge in [-0.25, -0.2) is 0 Å². The van der Waals surface area contributed by atoms with E-state index in [-0.39, 0.29) is 23.0 Å². The van der Waals surface area contributed by atoms with Gasteiger partial charge in [-0.15, -0.1) is 0 Å². The number of hydrogen-bond donors (Lipinski definition) is 0. The molecule has 0 unspecified atom stereocenters. The Hall–Kier alpha value is -1.12. The Morgan fingerprint density at radius 2 is 2.00 bits per heavy atom. The predicted octanol–water partition coefficient (Wildman–Crippen LogP) is 1.47. The molecule has 2 fully saturated rings. The van der Waals surface area contributed by atoms with Crippen LogP contribution in [0.2, 0.25) is 0 Å². The van der Waals surface area contributed by atoms with Gasteiger partial charge in [0.05, 0.1) is 0 Å². The largest absolute Gasteiger partial charge is 0.550 e. The smallest absolute Gasteiger partial charge is 0.159 e. The van der Waals surface area contributed by atoms with Crippen molar-refractivity contribution >= 4 is 11.8 Å². The Morgan fingerprint density at radius 1 is 1.33 bits per heavy atom. The van der Waals surface area contributed by atoms with Gasteiger partial charge < -0.3 is 9.90 Å². The molecule has 3 rings (SSSR count). The Kier molecular flexibility index (Phi) is 2.16. The maximum Gasteiger partial charge on any atom is 0.159 e. The number of aliphatic carboxylic acids is 1. The fourth-order valence-electron chi connectivity index (χ4n) is 4.33. The summed E-state index contributed by atoms with van der Waals surface area (Å²) in [7, 11) is 0. The van der Waals surface area contributed by atoms with E-state index in [9.17, 15) is 14.7 Å². The summed E-state index contributed by atoms with van der Waals surface area (Å²) in [5, 5.41) is 11.6. The first-order chi connectivity index (χ1) is 8.28. The monoisotopic (exact) mass is 247 g/mol. The lowest BCUT2D eigenvalue weighted by atomic mass is 9.79. The maximum atomic E-state index is 11.9. The summed E-state index contributed by atoms with van der Waals surface area (Å²) in [6.45, 7) is 6.22. The predicted molar refractivity (Wildman–Crippen MR) is 64.4 cm³/mol. The number of Topliss-reactive ketones (excluding diaryl/α,β-unsaturated/α-hetero) is 1. The molecule has 3 heteroatoms. The highest BCUT2D eigenvalue weighted by Crippen LogP contribution is 2.68. The number of fused-ring (bicyclic) bond motifs is 3. The molecule has 0 aliphatic heterocycles. The maximum absolute atomic E-state index is 11.9. The number of rotatable bonds is 1. The second-order valence-electron chi connectivity index (χ2n) is 7.10. The number of carboxylic acids is 1. The van der Waals surface area contributed by atoms with Gasteiger partial charge in [0.25, 0.3) is 0 Å². The molecule has 3 nitrogen and oxygen atoms in total. The lowest BCUT2D eigenvalue weighted by molar-refractivity contribution is -0.316. The number of allylic oxidation sites excluding steroid dienone is 2. The Balaban J connectivity index is 2.11. The van der Waals surface area contributed by atoms with E-state index in [0.29, 0.717) is 12.8 Å². The zero-order valence-electron chi connectivity index (χ0n) is 11.2. The Morgan fingerprint density at radius 3 is 2.61 bits per heavy atom. The van der Waals surface area contributed by atoms with Crippen LogP contribution in [0.4, 0.5) is 0 Å². The second-order valence-corrected chi connectivity index (χ2v) is 7.10. The van der Waals surface area contributed by atoms with Crippen molar-refractivity contribution in [1.29, 1.82) is 0 Å². The van der Waals surface area contributed by atoms with Crippen molar-refractivity contribution in [2.45, 2.75) is 46.5 Å². The van der Waals surface area contributed by atoms with Gasteiger partial charge in [-0.05, 0) is 49.0 Å². The molecule has 0 aromatic rings. The van der Waals surface area contributed by atoms with Gasteiger partial charge in [-0.3, -0.25) is 4.79 Å². The lowest BCUT2D eigenvalue weighted by Crippen LogP contribution is -2.39. The topological polar surface area (TPSA) is 57.2 Å². The van der Waals surface area contributed by atoms with E-state index >= 15 is 0 Å². The van der Waals surface area contributed by atoms with Gasteiger partial charge in [0.15, 0.2) is 5.78 Å². The minimum absolute atomic E-state index is 0.0817. The highest BCUT2D eigenvalue weighted by Gasteiger charge is 2.64. The molecule has 0 saturated heterocycles. The highest BCUT2D eigenvalue weighted by molar-refractivity contribution is 6.00. The average molecular weight is 247 g/mol. The molecule has 2 saturated carbocycles. The number of carboxylic acid groups (broad SMARTS) is 1. The summed E-state index contributed by atoms with van der Waals surface area (Å²) in [6.07, 6.45) is 2.89. The van der Waals surface area contributed by atoms with Crippen molar-refractivity contribution in [3.63, 3.8) is 0 Å². The quantitative estimate of drug-likeness (QED) is 0.705. The molecule has 0 radical (unpaired) electrons. The molecule has 0 N–H and O–H groups in total. The minimum atomic E-state index is -0.935. The van der Waals surface area contributed by atoms with Gasteiger partial charge in [0.1, 0.15) is 0 Å².